The molecule has 0 fully saturated rings. The maximum Gasteiger partial charge on any atom is 0.279 e. The van der Waals surface area contributed by atoms with Crippen molar-refractivity contribution < 1.29 is 4.79 Å². The molecule has 0 aliphatic heterocycles. The third kappa shape index (κ3) is 1.35. The lowest BCUT2D eigenvalue weighted by Crippen LogP contribution is -2.09. The van der Waals surface area contributed by atoms with E-state index in [-0.39, 0.29) is 5.91 Å². The Bertz CT molecular complexity index is 618. The quantitative estimate of drug-likeness (QED) is 0.696. The van der Waals surface area contributed by atoms with Gasteiger partial charge in [0.1, 0.15) is 17.7 Å². The predicted molar refractivity (Wildman–Crippen MR) is 60.7 cm³/mol. The highest BCUT2D eigenvalue weighted by Gasteiger charge is 2.13. The Morgan fingerprint density at radius 2 is 2.44 bits per heavy atom. The molecule has 3 aromatic rings. The van der Waals surface area contributed by atoms with E-state index < -0.39 is 0 Å². The second-order valence-corrected chi connectivity index (χ2v) is 4.64. The molecule has 3 rings (SSSR count). The molecule has 0 amide bonds. The SMILES string of the molecule is Cc1nc2[nH]c(C(=O)n3ccnc3)cc2s1. The lowest BCUT2D eigenvalue weighted by Gasteiger charge is -1.96. The molecule has 80 valence electrons. The summed E-state index contributed by atoms with van der Waals surface area (Å²) in [6, 6.07) is 1.82. The Morgan fingerprint density at radius 1 is 1.56 bits per heavy atom. The molecule has 6 heteroatoms. The zero-order valence-corrected chi connectivity index (χ0v) is 9.28. The average Bonchev–Trinajstić information content (AvgIpc) is 2.89. The predicted octanol–water partition coefficient (Wildman–Crippen LogP) is 1.82. The highest BCUT2D eigenvalue weighted by Crippen LogP contribution is 2.22. The Kier molecular flexibility index (Phi) is 1.90. The highest BCUT2D eigenvalue weighted by molar-refractivity contribution is 7.18. The molecule has 0 aliphatic rings. The first-order valence-electron chi connectivity index (χ1n) is 4.73. The fourth-order valence-corrected chi connectivity index (χ4v) is 2.38. The summed E-state index contributed by atoms with van der Waals surface area (Å²) in [7, 11) is 0. The summed E-state index contributed by atoms with van der Waals surface area (Å²) in [4.78, 5) is 23.1. The van der Waals surface area contributed by atoms with E-state index in [9.17, 15) is 4.79 Å². The van der Waals surface area contributed by atoms with E-state index in [4.69, 9.17) is 0 Å². The van der Waals surface area contributed by atoms with Crippen molar-refractivity contribution in [3.05, 3.63) is 35.5 Å². The standard InChI is InChI=1S/C10H8N4OS/c1-6-12-9-8(16-6)4-7(13-9)10(15)14-3-2-11-5-14/h2-5,13H,1H3. The molecule has 5 nitrogen and oxygen atoms in total. The summed E-state index contributed by atoms with van der Waals surface area (Å²) >= 11 is 1.57. The molecule has 0 spiro atoms. The van der Waals surface area contributed by atoms with Gasteiger partial charge in [-0.05, 0) is 13.0 Å². The number of rotatable bonds is 1. The number of carbonyl (C=O) groups is 1. The van der Waals surface area contributed by atoms with E-state index in [0.717, 1.165) is 15.4 Å². The van der Waals surface area contributed by atoms with Crippen molar-refractivity contribution in [2.45, 2.75) is 6.92 Å². The van der Waals surface area contributed by atoms with Crippen LogP contribution >= 0.6 is 11.3 Å². The minimum atomic E-state index is -0.125. The summed E-state index contributed by atoms with van der Waals surface area (Å²) in [5.41, 5.74) is 1.30. The number of fused-ring (bicyclic) bond motifs is 1. The van der Waals surface area contributed by atoms with Crippen LogP contribution in [0, 0.1) is 6.92 Å². The van der Waals surface area contributed by atoms with Crippen LogP contribution in [-0.2, 0) is 0 Å². The summed E-state index contributed by atoms with van der Waals surface area (Å²) in [6.07, 6.45) is 4.68. The van der Waals surface area contributed by atoms with Gasteiger partial charge >= 0.3 is 0 Å². The highest BCUT2D eigenvalue weighted by atomic mass is 32.1. The number of H-pyrrole nitrogens is 1. The van der Waals surface area contributed by atoms with Crippen LogP contribution in [0.2, 0.25) is 0 Å². The topological polar surface area (TPSA) is 63.6 Å². The smallest absolute Gasteiger partial charge is 0.279 e. The molecule has 3 heterocycles. The third-order valence-electron chi connectivity index (χ3n) is 2.26. The number of aromatic nitrogens is 4. The van der Waals surface area contributed by atoms with Gasteiger partial charge in [-0.3, -0.25) is 9.36 Å². The maximum absolute atomic E-state index is 11.9. The number of thiazole rings is 1. The number of aryl methyl sites for hydroxylation is 1. The molecular formula is C10H8N4OS. The van der Waals surface area contributed by atoms with Gasteiger partial charge in [0.25, 0.3) is 5.91 Å². The van der Waals surface area contributed by atoms with Crippen LogP contribution in [0.4, 0.5) is 0 Å². The first-order valence-corrected chi connectivity index (χ1v) is 5.54. The lowest BCUT2D eigenvalue weighted by atomic mass is 10.4. The number of nitrogens with one attached hydrogen (secondary N) is 1. The zero-order chi connectivity index (χ0) is 11.1. The largest absolute Gasteiger partial charge is 0.334 e. The molecule has 3 aromatic heterocycles. The van der Waals surface area contributed by atoms with E-state index in [2.05, 4.69) is 15.0 Å². The van der Waals surface area contributed by atoms with Crippen LogP contribution in [0.15, 0.2) is 24.8 Å². The van der Waals surface area contributed by atoms with Gasteiger partial charge < -0.3 is 4.98 Å². The molecule has 0 aliphatic carbocycles. The van der Waals surface area contributed by atoms with Crippen molar-refractivity contribution >= 4 is 27.6 Å². The molecule has 0 saturated carbocycles. The van der Waals surface area contributed by atoms with Gasteiger partial charge in [-0.25, -0.2) is 9.97 Å². The van der Waals surface area contributed by atoms with Crippen molar-refractivity contribution in [1.82, 2.24) is 19.5 Å². The van der Waals surface area contributed by atoms with Crippen LogP contribution in [0.1, 0.15) is 15.5 Å². The van der Waals surface area contributed by atoms with Crippen molar-refractivity contribution in [3.63, 3.8) is 0 Å². The molecule has 0 aromatic carbocycles. The molecule has 0 radical (unpaired) electrons. The van der Waals surface area contributed by atoms with Crippen molar-refractivity contribution in [3.8, 4) is 0 Å². The number of hydrogen-bond acceptors (Lipinski definition) is 4. The zero-order valence-electron chi connectivity index (χ0n) is 8.47. The maximum atomic E-state index is 11.9. The van der Waals surface area contributed by atoms with Gasteiger partial charge in [-0.1, -0.05) is 0 Å². The first-order chi connectivity index (χ1) is 7.74. The van der Waals surface area contributed by atoms with Gasteiger partial charge in [-0.15, -0.1) is 11.3 Å². The molecule has 0 atom stereocenters. The van der Waals surface area contributed by atoms with Crippen molar-refractivity contribution in [1.29, 1.82) is 0 Å². The summed E-state index contributed by atoms with van der Waals surface area (Å²) in [6.45, 7) is 1.94. The molecular weight excluding hydrogens is 224 g/mol. The van der Waals surface area contributed by atoms with Crippen molar-refractivity contribution in [2.75, 3.05) is 0 Å². The number of carbonyl (C=O) groups excluding carboxylic acids is 1. The van der Waals surface area contributed by atoms with Crippen LogP contribution in [0.5, 0.6) is 0 Å². The average molecular weight is 232 g/mol. The Morgan fingerprint density at radius 3 is 3.12 bits per heavy atom. The number of aromatic amines is 1. The van der Waals surface area contributed by atoms with Crippen LogP contribution in [0.3, 0.4) is 0 Å². The summed E-state index contributed by atoms with van der Waals surface area (Å²) in [5, 5.41) is 0.989. The Balaban J connectivity index is 2.06. The summed E-state index contributed by atoms with van der Waals surface area (Å²) in [5.74, 6) is -0.125. The van der Waals surface area contributed by atoms with Crippen LogP contribution in [-0.4, -0.2) is 25.4 Å². The van der Waals surface area contributed by atoms with Gasteiger partial charge in [0.15, 0.2) is 0 Å². The van der Waals surface area contributed by atoms with E-state index in [1.165, 1.54) is 10.9 Å². The Labute approximate surface area is 94.8 Å². The molecule has 16 heavy (non-hydrogen) atoms. The summed E-state index contributed by atoms with van der Waals surface area (Å²) < 4.78 is 2.43. The second-order valence-electron chi connectivity index (χ2n) is 3.40. The Hall–Kier alpha value is -1.95. The number of imidazole rings is 1. The fraction of sp³-hybridized carbons (Fsp3) is 0.100. The van der Waals surface area contributed by atoms with E-state index in [0.29, 0.717) is 5.69 Å². The molecule has 0 bridgehead atoms. The first kappa shape index (κ1) is 9.29. The monoisotopic (exact) mass is 232 g/mol. The molecule has 1 N–H and O–H groups in total. The number of hydrogen-bond donors (Lipinski definition) is 1. The van der Waals surface area contributed by atoms with Gasteiger partial charge in [0, 0.05) is 12.4 Å². The van der Waals surface area contributed by atoms with Crippen molar-refractivity contribution in [2.24, 2.45) is 0 Å². The minimum Gasteiger partial charge on any atom is -0.334 e. The van der Waals surface area contributed by atoms with E-state index in [1.54, 1.807) is 23.7 Å². The normalized spacial score (nSPS) is 11.1. The lowest BCUT2D eigenvalue weighted by molar-refractivity contribution is 0.0955. The molecule has 0 saturated heterocycles. The molecule has 0 unspecified atom stereocenters. The van der Waals surface area contributed by atoms with E-state index in [1.807, 2.05) is 13.0 Å². The van der Waals surface area contributed by atoms with Gasteiger partial charge in [-0.2, -0.15) is 0 Å². The minimum absolute atomic E-state index is 0.125. The van der Waals surface area contributed by atoms with Crippen LogP contribution < -0.4 is 0 Å². The third-order valence-corrected chi connectivity index (χ3v) is 3.18. The fourth-order valence-electron chi connectivity index (χ4n) is 1.56. The number of nitrogens with zero attached hydrogens (tertiary/aromatic N) is 3. The second kappa shape index (κ2) is 3.28. The van der Waals surface area contributed by atoms with E-state index >= 15 is 0 Å². The van der Waals surface area contributed by atoms with Crippen LogP contribution in [0.25, 0.3) is 10.3 Å². The van der Waals surface area contributed by atoms with Gasteiger partial charge in [0.2, 0.25) is 0 Å². The van der Waals surface area contributed by atoms with Gasteiger partial charge in [0.05, 0.1) is 9.71 Å².